The van der Waals surface area contributed by atoms with Gasteiger partial charge in [0, 0.05) is 17.4 Å². The summed E-state index contributed by atoms with van der Waals surface area (Å²) < 4.78 is 22.7. The van der Waals surface area contributed by atoms with Gasteiger partial charge in [-0.3, -0.25) is 9.00 Å². The van der Waals surface area contributed by atoms with Crippen molar-refractivity contribution in [2.45, 2.75) is 24.7 Å². The van der Waals surface area contributed by atoms with Crippen molar-refractivity contribution >= 4 is 16.6 Å². The molecule has 3 atom stereocenters. The van der Waals surface area contributed by atoms with Crippen molar-refractivity contribution in [1.29, 1.82) is 0 Å². The lowest BCUT2D eigenvalue weighted by atomic mass is 10.1. The van der Waals surface area contributed by atoms with Crippen molar-refractivity contribution < 1.29 is 18.5 Å². The van der Waals surface area contributed by atoms with Crippen LogP contribution in [-0.2, 0) is 15.5 Å². The zero-order chi connectivity index (χ0) is 13.8. The summed E-state index contributed by atoms with van der Waals surface area (Å²) in [6, 6.07) is 7.02. The topological polar surface area (TPSA) is 52.6 Å². The highest BCUT2D eigenvalue weighted by atomic mass is 32.2. The predicted octanol–water partition coefficient (Wildman–Crippen LogP) is 1.80. The van der Waals surface area contributed by atoms with Gasteiger partial charge in [-0.2, -0.15) is 0 Å². The van der Waals surface area contributed by atoms with Gasteiger partial charge in [0.2, 0.25) is 0 Å². The van der Waals surface area contributed by atoms with Crippen LogP contribution in [-0.4, -0.2) is 40.8 Å². The van der Waals surface area contributed by atoms with Gasteiger partial charge < -0.3 is 9.47 Å². The molecule has 0 aliphatic carbocycles. The van der Waals surface area contributed by atoms with Gasteiger partial charge in [-0.05, 0) is 25.5 Å². The third-order valence-electron chi connectivity index (χ3n) is 3.33. The van der Waals surface area contributed by atoms with Gasteiger partial charge in [0.05, 0.1) is 29.8 Å². The molecule has 1 heterocycles. The molecule has 1 fully saturated rings. The summed E-state index contributed by atoms with van der Waals surface area (Å²) in [5.74, 6) is 0.411. The standard InChI is InChI=1S/C14H18O4S/c1-10-14(7-8-18-10)19(16)9-12(15)11-5-3-4-6-13(11)17-2/h3-6,10,14H,7-9H2,1-2H3. The molecule has 3 unspecified atom stereocenters. The summed E-state index contributed by atoms with van der Waals surface area (Å²) in [7, 11) is 0.327. The quantitative estimate of drug-likeness (QED) is 0.773. The maximum absolute atomic E-state index is 12.2. The largest absolute Gasteiger partial charge is 0.496 e. The van der Waals surface area contributed by atoms with Crippen LogP contribution in [0.2, 0.25) is 0 Å². The first kappa shape index (κ1) is 14.2. The Hall–Kier alpha value is -1.20. The number of methoxy groups -OCH3 is 1. The van der Waals surface area contributed by atoms with Crippen molar-refractivity contribution in [3.05, 3.63) is 29.8 Å². The number of carbonyl (C=O) groups excluding carboxylic acids is 1. The Morgan fingerprint density at radius 3 is 2.84 bits per heavy atom. The molecule has 0 radical (unpaired) electrons. The second-order valence-electron chi connectivity index (χ2n) is 4.55. The van der Waals surface area contributed by atoms with E-state index in [2.05, 4.69) is 0 Å². The predicted molar refractivity (Wildman–Crippen MR) is 74.2 cm³/mol. The van der Waals surface area contributed by atoms with Crippen molar-refractivity contribution in [3.63, 3.8) is 0 Å². The average molecular weight is 282 g/mol. The van der Waals surface area contributed by atoms with Crippen LogP contribution < -0.4 is 4.74 Å². The third kappa shape index (κ3) is 3.22. The fourth-order valence-corrected chi connectivity index (χ4v) is 3.74. The number of hydrogen-bond donors (Lipinski definition) is 0. The van der Waals surface area contributed by atoms with E-state index in [1.54, 1.807) is 24.3 Å². The molecule has 1 aliphatic heterocycles. The molecule has 1 aromatic rings. The van der Waals surface area contributed by atoms with Crippen LogP contribution in [0.4, 0.5) is 0 Å². The fraction of sp³-hybridized carbons (Fsp3) is 0.500. The minimum atomic E-state index is -1.20. The van der Waals surface area contributed by atoms with E-state index < -0.39 is 10.8 Å². The van der Waals surface area contributed by atoms with Gasteiger partial charge in [0.1, 0.15) is 5.75 Å². The smallest absolute Gasteiger partial charge is 0.179 e. The number of para-hydroxylation sites is 1. The molecule has 0 aromatic heterocycles. The van der Waals surface area contributed by atoms with E-state index in [1.165, 1.54) is 7.11 Å². The summed E-state index contributed by atoms with van der Waals surface area (Å²) in [5, 5.41) is -0.0429. The number of Topliss-reactive ketones (excluding diaryl/α,β-unsaturated/α-hetero) is 1. The van der Waals surface area contributed by atoms with E-state index in [9.17, 15) is 9.00 Å². The van der Waals surface area contributed by atoms with Gasteiger partial charge in [0.25, 0.3) is 0 Å². The summed E-state index contributed by atoms with van der Waals surface area (Å²) in [6.45, 7) is 2.53. The Balaban J connectivity index is 2.06. The summed E-state index contributed by atoms with van der Waals surface area (Å²) in [5.41, 5.74) is 0.491. The first-order valence-corrected chi connectivity index (χ1v) is 7.66. The van der Waals surface area contributed by atoms with Crippen molar-refractivity contribution in [3.8, 4) is 5.75 Å². The Morgan fingerprint density at radius 1 is 1.47 bits per heavy atom. The molecule has 0 N–H and O–H groups in total. The number of hydrogen-bond acceptors (Lipinski definition) is 4. The zero-order valence-electron chi connectivity index (χ0n) is 11.1. The van der Waals surface area contributed by atoms with Gasteiger partial charge in [0.15, 0.2) is 5.78 Å². The summed E-state index contributed by atoms with van der Waals surface area (Å²) >= 11 is 0. The van der Waals surface area contributed by atoms with E-state index in [1.807, 2.05) is 6.92 Å². The van der Waals surface area contributed by atoms with E-state index >= 15 is 0 Å². The van der Waals surface area contributed by atoms with Crippen LogP contribution in [0, 0.1) is 0 Å². The number of ether oxygens (including phenoxy) is 2. The molecule has 19 heavy (non-hydrogen) atoms. The maximum Gasteiger partial charge on any atom is 0.179 e. The molecule has 0 bridgehead atoms. The molecule has 4 nitrogen and oxygen atoms in total. The molecule has 104 valence electrons. The molecular weight excluding hydrogens is 264 g/mol. The number of carbonyl (C=O) groups is 1. The molecule has 0 amide bonds. The number of ketones is 1. The maximum atomic E-state index is 12.2. The fourth-order valence-electron chi connectivity index (χ4n) is 2.25. The van der Waals surface area contributed by atoms with Gasteiger partial charge in [-0.25, -0.2) is 0 Å². The van der Waals surface area contributed by atoms with E-state index in [0.29, 0.717) is 17.9 Å². The Labute approximate surface area is 115 Å². The van der Waals surface area contributed by atoms with Crippen molar-refractivity contribution in [2.24, 2.45) is 0 Å². The number of benzene rings is 1. The SMILES string of the molecule is COc1ccccc1C(=O)CS(=O)C1CCOC1C. The van der Waals surface area contributed by atoms with Crippen LogP contribution >= 0.6 is 0 Å². The average Bonchev–Trinajstić information content (AvgIpc) is 2.85. The lowest BCUT2D eigenvalue weighted by Gasteiger charge is -2.13. The first-order chi connectivity index (χ1) is 9.13. The van der Waals surface area contributed by atoms with Crippen LogP contribution in [0.25, 0.3) is 0 Å². The highest BCUT2D eigenvalue weighted by molar-refractivity contribution is 7.86. The molecule has 0 spiro atoms. The molecule has 5 heteroatoms. The number of rotatable bonds is 5. The molecular formula is C14H18O4S. The van der Waals surface area contributed by atoms with Gasteiger partial charge >= 0.3 is 0 Å². The van der Waals surface area contributed by atoms with E-state index in [0.717, 1.165) is 6.42 Å². The summed E-state index contributed by atoms with van der Waals surface area (Å²) in [6.07, 6.45) is 0.721. The zero-order valence-corrected chi connectivity index (χ0v) is 11.9. The monoisotopic (exact) mass is 282 g/mol. The highest BCUT2D eigenvalue weighted by Gasteiger charge is 2.31. The first-order valence-electron chi connectivity index (χ1n) is 6.28. The molecule has 1 aliphatic rings. The van der Waals surface area contributed by atoms with Gasteiger partial charge in [-0.1, -0.05) is 12.1 Å². The van der Waals surface area contributed by atoms with E-state index in [4.69, 9.17) is 9.47 Å². The minimum Gasteiger partial charge on any atom is -0.496 e. The van der Waals surface area contributed by atoms with Crippen LogP contribution in [0.15, 0.2) is 24.3 Å². The van der Waals surface area contributed by atoms with E-state index in [-0.39, 0.29) is 22.9 Å². The van der Waals surface area contributed by atoms with Crippen molar-refractivity contribution in [2.75, 3.05) is 19.5 Å². The second-order valence-corrected chi connectivity index (χ2v) is 6.21. The molecule has 0 saturated carbocycles. The molecule has 1 saturated heterocycles. The van der Waals surface area contributed by atoms with Crippen LogP contribution in [0.5, 0.6) is 5.75 Å². The normalized spacial score (nSPS) is 24.1. The van der Waals surface area contributed by atoms with Crippen LogP contribution in [0.3, 0.4) is 0 Å². The van der Waals surface area contributed by atoms with Crippen molar-refractivity contribution in [1.82, 2.24) is 0 Å². The Bertz CT molecular complexity index is 486. The molecule has 2 rings (SSSR count). The second kappa shape index (κ2) is 6.30. The minimum absolute atomic E-state index is 0.0265. The highest BCUT2D eigenvalue weighted by Crippen LogP contribution is 2.22. The Morgan fingerprint density at radius 2 is 2.21 bits per heavy atom. The molecule has 1 aromatic carbocycles. The Kier molecular flexibility index (Phi) is 4.71. The van der Waals surface area contributed by atoms with Gasteiger partial charge in [-0.15, -0.1) is 0 Å². The van der Waals surface area contributed by atoms with Crippen LogP contribution in [0.1, 0.15) is 23.7 Å². The summed E-state index contributed by atoms with van der Waals surface area (Å²) in [4.78, 5) is 12.2. The lowest BCUT2D eigenvalue weighted by Crippen LogP contribution is -2.27. The lowest BCUT2D eigenvalue weighted by molar-refractivity contribution is 0.101. The third-order valence-corrected chi connectivity index (χ3v) is 5.17.